The summed E-state index contributed by atoms with van der Waals surface area (Å²) in [5, 5.41) is 5.00. The van der Waals surface area contributed by atoms with E-state index in [2.05, 4.69) is 15.3 Å². The molecule has 2 aromatic carbocycles. The van der Waals surface area contributed by atoms with Crippen molar-refractivity contribution in [1.29, 1.82) is 0 Å². The van der Waals surface area contributed by atoms with Gasteiger partial charge in [-0.2, -0.15) is 0 Å². The van der Waals surface area contributed by atoms with Gasteiger partial charge in [-0.25, -0.2) is 9.78 Å². The number of aryl methyl sites for hydroxylation is 2. The lowest BCUT2D eigenvalue weighted by Gasteiger charge is -2.36. The van der Waals surface area contributed by atoms with Gasteiger partial charge in [-0.05, 0) is 85.9 Å². The first kappa shape index (κ1) is 25.5. The van der Waals surface area contributed by atoms with Crippen LogP contribution in [0.5, 0.6) is 17.4 Å². The predicted molar refractivity (Wildman–Crippen MR) is 150 cm³/mol. The number of carbonyl (C=O) groups is 1. The van der Waals surface area contributed by atoms with Crippen LogP contribution in [0.2, 0.25) is 5.02 Å². The summed E-state index contributed by atoms with van der Waals surface area (Å²) in [5.74, 6) is 1.54. The van der Waals surface area contributed by atoms with Crippen molar-refractivity contribution in [3.8, 4) is 17.4 Å². The fourth-order valence-electron chi connectivity index (χ4n) is 5.22. The minimum atomic E-state index is -0.429. The highest BCUT2D eigenvalue weighted by Crippen LogP contribution is 2.45. The van der Waals surface area contributed by atoms with Crippen LogP contribution in [-0.2, 0) is 0 Å². The van der Waals surface area contributed by atoms with Gasteiger partial charge in [0.05, 0.1) is 17.4 Å². The minimum absolute atomic E-state index is 0.137. The highest BCUT2D eigenvalue weighted by atomic mass is 35.5. The highest BCUT2D eigenvalue weighted by Gasteiger charge is 2.42. The van der Waals surface area contributed by atoms with Gasteiger partial charge in [-0.1, -0.05) is 41.4 Å². The zero-order valence-corrected chi connectivity index (χ0v) is 23.0. The van der Waals surface area contributed by atoms with Crippen LogP contribution in [0, 0.1) is 13.8 Å². The molecule has 1 aliphatic carbocycles. The molecule has 0 saturated carbocycles. The smallest absolute Gasteiger partial charge is 0.416 e. The molecule has 1 N–H and O–H groups in total. The summed E-state index contributed by atoms with van der Waals surface area (Å²) >= 11 is 12.4. The number of hydrogen-bond acceptors (Lipinski definition) is 6. The monoisotopic (exact) mass is 560 g/mol. The molecule has 9 heteroatoms. The van der Waals surface area contributed by atoms with E-state index in [1.807, 2.05) is 50.3 Å². The van der Waals surface area contributed by atoms with Crippen molar-refractivity contribution in [2.24, 2.45) is 0 Å². The van der Waals surface area contributed by atoms with E-state index in [9.17, 15) is 4.79 Å². The van der Waals surface area contributed by atoms with Crippen LogP contribution >= 0.6 is 23.2 Å². The predicted octanol–water partition coefficient (Wildman–Crippen LogP) is 7.16. The number of aromatic nitrogens is 2. The summed E-state index contributed by atoms with van der Waals surface area (Å²) in [6.07, 6.45) is 6.83. The van der Waals surface area contributed by atoms with Gasteiger partial charge in [0.15, 0.2) is 0 Å². The Morgan fingerprint density at radius 1 is 1.05 bits per heavy atom. The Labute approximate surface area is 236 Å². The lowest BCUT2D eigenvalue weighted by Crippen LogP contribution is -2.43. The van der Waals surface area contributed by atoms with E-state index in [4.69, 9.17) is 32.7 Å². The van der Waals surface area contributed by atoms with E-state index in [0.717, 1.165) is 28.4 Å². The molecule has 0 radical (unpaired) electrons. The molecule has 3 aromatic rings. The van der Waals surface area contributed by atoms with Crippen molar-refractivity contribution in [3.63, 3.8) is 0 Å². The molecule has 0 saturated heterocycles. The Hall–Kier alpha value is -3.81. The first-order valence-electron chi connectivity index (χ1n) is 12.7. The molecule has 3 aliphatic rings. The topological polar surface area (TPSA) is 76.6 Å². The molecule has 39 heavy (non-hydrogen) atoms. The summed E-state index contributed by atoms with van der Waals surface area (Å²) in [6, 6.07) is 14.3. The van der Waals surface area contributed by atoms with Crippen LogP contribution in [0.3, 0.4) is 0 Å². The number of nitrogens with zero attached hydrogens (tertiary/aromatic N) is 3. The molecule has 6 rings (SSSR count). The van der Waals surface area contributed by atoms with Crippen LogP contribution in [-0.4, -0.2) is 33.5 Å². The lowest BCUT2D eigenvalue weighted by molar-refractivity contribution is 0.134. The molecular formula is C30H26Cl2N4O3. The third-order valence-electron chi connectivity index (χ3n) is 7.10. The molecule has 1 amide bonds. The van der Waals surface area contributed by atoms with Crippen LogP contribution in [0.4, 0.5) is 4.79 Å². The third kappa shape index (κ3) is 5.12. The summed E-state index contributed by atoms with van der Waals surface area (Å²) < 4.78 is 11.8. The van der Waals surface area contributed by atoms with Crippen LogP contribution < -0.4 is 14.8 Å². The number of carbonyl (C=O) groups excluding carboxylic acids is 1. The van der Waals surface area contributed by atoms with E-state index in [1.165, 1.54) is 11.1 Å². The average molecular weight is 561 g/mol. The minimum Gasteiger partial charge on any atom is -0.437 e. The van der Waals surface area contributed by atoms with Crippen molar-refractivity contribution in [2.75, 3.05) is 6.54 Å². The quantitative estimate of drug-likeness (QED) is 0.364. The Bertz CT molecular complexity index is 1530. The van der Waals surface area contributed by atoms with E-state index in [0.29, 0.717) is 41.1 Å². The Kier molecular flexibility index (Phi) is 6.79. The van der Waals surface area contributed by atoms with Crippen LogP contribution in [0.1, 0.15) is 35.8 Å². The third-order valence-corrected chi connectivity index (χ3v) is 7.62. The first-order valence-corrected chi connectivity index (χ1v) is 13.5. The fraction of sp³-hybridized carbons (Fsp3) is 0.233. The Morgan fingerprint density at radius 2 is 1.79 bits per heavy atom. The van der Waals surface area contributed by atoms with Crippen molar-refractivity contribution in [3.05, 3.63) is 111 Å². The molecule has 2 atom stereocenters. The normalized spacial score (nSPS) is 19.9. The summed E-state index contributed by atoms with van der Waals surface area (Å²) in [6.45, 7) is 4.23. The molecular weight excluding hydrogens is 535 g/mol. The molecule has 7 nitrogen and oxygen atoms in total. The van der Waals surface area contributed by atoms with Crippen molar-refractivity contribution in [2.45, 2.75) is 38.8 Å². The molecule has 0 spiro atoms. The molecule has 3 heterocycles. The second kappa shape index (κ2) is 10.4. The Balaban J connectivity index is 1.33. The molecule has 0 bridgehead atoms. The number of amides is 1. The van der Waals surface area contributed by atoms with Gasteiger partial charge in [0, 0.05) is 28.5 Å². The average Bonchev–Trinajstić information content (AvgIpc) is 3.30. The molecule has 1 unspecified atom stereocenters. The molecule has 0 fully saturated rings. The van der Waals surface area contributed by atoms with Gasteiger partial charge >= 0.3 is 6.09 Å². The maximum Gasteiger partial charge on any atom is 0.416 e. The SMILES string of the molecule is Cc1cnc(C)c(Oc2ccc([C@H]3C4=C(CCN3C(=O)Oc3ccc(Cl)cc3)C3=CC(Cl)=CCC3N4)cc2)n1. The molecule has 1 aromatic heterocycles. The largest absolute Gasteiger partial charge is 0.437 e. The second-order valence-corrected chi connectivity index (χ2v) is 10.6. The maximum atomic E-state index is 13.5. The van der Waals surface area contributed by atoms with Gasteiger partial charge in [0.25, 0.3) is 0 Å². The second-order valence-electron chi connectivity index (χ2n) is 9.75. The van der Waals surface area contributed by atoms with Crippen LogP contribution in [0.25, 0.3) is 0 Å². The van der Waals surface area contributed by atoms with Crippen molar-refractivity contribution >= 4 is 29.3 Å². The number of fused-ring (bicyclic) bond motifs is 2. The van der Waals surface area contributed by atoms with Crippen molar-refractivity contribution < 1.29 is 14.3 Å². The van der Waals surface area contributed by atoms with E-state index < -0.39 is 6.09 Å². The van der Waals surface area contributed by atoms with Gasteiger partial charge in [-0.15, -0.1) is 0 Å². The number of hydrogen-bond donors (Lipinski definition) is 1. The number of ether oxygens (including phenoxy) is 2. The van der Waals surface area contributed by atoms with Crippen molar-refractivity contribution in [1.82, 2.24) is 20.2 Å². The number of benzene rings is 2. The zero-order valence-electron chi connectivity index (χ0n) is 21.4. The summed E-state index contributed by atoms with van der Waals surface area (Å²) in [4.78, 5) is 24.0. The summed E-state index contributed by atoms with van der Waals surface area (Å²) in [7, 11) is 0. The lowest BCUT2D eigenvalue weighted by atomic mass is 9.89. The van der Waals surface area contributed by atoms with Gasteiger partial charge in [0.1, 0.15) is 17.5 Å². The van der Waals surface area contributed by atoms with Crippen LogP contribution in [0.15, 0.2) is 88.8 Å². The fourth-order valence-corrected chi connectivity index (χ4v) is 5.55. The highest BCUT2D eigenvalue weighted by molar-refractivity contribution is 6.31. The number of allylic oxidation sites excluding steroid dienone is 2. The van der Waals surface area contributed by atoms with Gasteiger partial charge < -0.3 is 14.8 Å². The maximum absolute atomic E-state index is 13.5. The standard InChI is InChI=1S/C30H26Cl2N4O3/c1-17-16-33-18(2)29(34-17)38-22-8-3-19(4-9-22)28-27-24(25-15-21(32)7-12-26(25)35-27)13-14-36(28)30(37)39-23-10-5-20(31)6-11-23/h3-11,15-16,26,28,35H,12-14H2,1-2H3/t26?,28-/m0/s1. The number of halogens is 2. The molecule has 198 valence electrons. The van der Waals surface area contributed by atoms with Gasteiger partial charge in [0.2, 0.25) is 5.88 Å². The molecule has 2 aliphatic heterocycles. The summed E-state index contributed by atoms with van der Waals surface area (Å²) in [5.41, 5.74) is 5.82. The Morgan fingerprint density at radius 3 is 2.56 bits per heavy atom. The zero-order chi connectivity index (χ0) is 27.1. The number of rotatable bonds is 4. The van der Waals surface area contributed by atoms with E-state index in [-0.39, 0.29) is 12.1 Å². The first-order chi connectivity index (χ1) is 18.9. The van der Waals surface area contributed by atoms with E-state index in [1.54, 1.807) is 35.4 Å². The van der Waals surface area contributed by atoms with Gasteiger partial charge in [-0.3, -0.25) is 9.88 Å². The van der Waals surface area contributed by atoms with E-state index >= 15 is 0 Å². The number of nitrogens with one attached hydrogen (secondary N) is 1.